The number of ether oxygens (including phenoxy) is 1. The van der Waals surface area contributed by atoms with E-state index < -0.39 is 10.0 Å². The number of sulfonamides is 1. The molecule has 0 spiro atoms. The molecule has 168 valence electrons. The molecule has 3 rings (SSSR count). The first-order chi connectivity index (χ1) is 14.6. The van der Waals surface area contributed by atoms with Crippen LogP contribution in [0.2, 0.25) is 0 Å². The molecular formula is C24H32N2O4S. The number of carbonyl (C=O) groups is 1. The second kappa shape index (κ2) is 9.30. The SMILES string of the molecule is COc1ccc(N(CCC(=O)N(C)C(C)C2CC2)S(=O)(=O)c2ccc(C)c(C)c2)cc1. The maximum atomic E-state index is 13.6. The lowest BCUT2D eigenvalue weighted by molar-refractivity contribution is -0.131. The summed E-state index contributed by atoms with van der Waals surface area (Å²) in [4.78, 5) is 14.8. The largest absolute Gasteiger partial charge is 0.497 e. The third kappa shape index (κ3) is 5.21. The standard InChI is InChI=1S/C24H32N2O4S/c1-17-6-13-23(16-18(17)2)31(28,29)26(21-9-11-22(30-5)12-10-21)15-14-24(27)25(4)19(3)20-7-8-20/h6,9-13,16,19-20H,7-8,14-15H2,1-5H3. The van der Waals surface area contributed by atoms with Gasteiger partial charge in [-0.15, -0.1) is 0 Å². The van der Waals surface area contributed by atoms with E-state index in [-0.39, 0.29) is 29.8 Å². The molecule has 0 saturated heterocycles. The summed E-state index contributed by atoms with van der Waals surface area (Å²) in [7, 11) is -0.467. The molecule has 31 heavy (non-hydrogen) atoms. The molecule has 7 heteroatoms. The summed E-state index contributed by atoms with van der Waals surface area (Å²) in [5.41, 5.74) is 2.44. The van der Waals surface area contributed by atoms with Crippen molar-refractivity contribution in [3.63, 3.8) is 0 Å². The first kappa shape index (κ1) is 23.1. The maximum Gasteiger partial charge on any atom is 0.264 e. The van der Waals surface area contributed by atoms with Crippen LogP contribution in [-0.4, -0.2) is 46.0 Å². The lowest BCUT2D eigenvalue weighted by Gasteiger charge is -2.28. The molecule has 0 radical (unpaired) electrons. The molecule has 0 aromatic heterocycles. The van der Waals surface area contributed by atoms with Gasteiger partial charge >= 0.3 is 0 Å². The number of rotatable bonds is 9. The van der Waals surface area contributed by atoms with E-state index >= 15 is 0 Å². The highest BCUT2D eigenvalue weighted by molar-refractivity contribution is 7.92. The van der Waals surface area contributed by atoms with Gasteiger partial charge in [-0.25, -0.2) is 8.42 Å². The molecule has 1 fully saturated rings. The van der Waals surface area contributed by atoms with Crippen LogP contribution in [0.4, 0.5) is 5.69 Å². The van der Waals surface area contributed by atoms with E-state index in [2.05, 4.69) is 6.92 Å². The number of methoxy groups -OCH3 is 1. The van der Waals surface area contributed by atoms with Gasteiger partial charge in [-0.2, -0.15) is 0 Å². The Balaban J connectivity index is 1.88. The average Bonchev–Trinajstić information content (AvgIpc) is 3.60. The molecule has 0 bridgehead atoms. The van der Waals surface area contributed by atoms with Crippen molar-refractivity contribution in [3.05, 3.63) is 53.6 Å². The van der Waals surface area contributed by atoms with Gasteiger partial charge < -0.3 is 9.64 Å². The lowest BCUT2D eigenvalue weighted by atomic mass is 10.1. The van der Waals surface area contributed by atoms with Gasteiger partial charge in [0.15, 0.2) is 0 Å². The van der Waals surface area contributed by atoms with E-state index in [1.807, 2.05) is 19.9 Å². The Labute approximate surface area is 185 Å². The van der Waals surface area contributed by atoms with Crippen molar-refractivity contribution >= 4 is 21.6 Å². The molecule has 1 saturated carbocycles. The lowest BCUT2D eigenvalue weighted by Crippen LogP contribution is -2.40. The molecule has 1 amide bonds. The third-order valence-corrected chi connectivity index (χ3v) is 8.09. The highest BCUT2D eigenvalue weighted by atomic mass is 32.2. The van der Waals surface area contributed by atoms with E-state index in [9.17, 15) is 13.2 Å². The van der Waals surface area contributed by atoms with Crippen molar-refractivity contribution in [2.75, 3.05) is 25.0 Å². The molecule has 1 aliphatic carbocycles. The Morgan fingerprint density at radius 3 is 2.29 bits per heavy atom. The van der Waals surface area contributed by atoms with Gasteiger partial charge in [-0.1, -0.05) is 6.07 Å². The molecule has 6 nitrogen and oxygen atoms in total. The molecule has 0 heterocycles. The van der Waals surface area contributed by atoms with E-state index in [0.717, 1.165) is 24.0 Å². The number of aryl methyl sites for hydroxylation is 2. The molecule has 1 aliphatic rings. The second-order valence-electron chi connectivity index (χ2n) is 8.35. The number of amides is 1. The van der Waals surface area contributed by atoms with Crippen LogP contribution in [0.15, 0.2) is 47.4 Å². The van der Waals surface area contributed by atoms with Crippen molar-refractivity contribution in [2.24, 2.45) is 5.92 Å². The summed E-state index contributed by atoms with van der Waals surface area (Å²) in [5, 5.41) is 0. The van der Waals surface area contributed by atoms with Crippen LogP contribution >= 0.6 is 0 Å². The van der Waals surface area contributed by atoms with Gasteiger partial charge in [-0.3, -0.25) is 9.10 Å². The summed E-state index contributed by atoms with van der Waals surface area (Å²) in [6.45, 7) is 5.97. The highest BCUT2D eigenvalue weighted by Gasteiger charge is 2.33. The zero-order valence-electron chi connectivity index (χ0n) is 19.0. The van der Waals surface area contributed by atoms with E-state index in [1.165, 1.54) is 4.31 Å². The van der Waals surface area contributed by atoms with Gasteiger partial charge in [0.05, 0.1) is 17.7 Å². The zero-order valence-corrected chi connectivity index (χ0v) is 19.8. The minimum absolute atomic E-state index is 0.0480. The van der Waals surface area contributed by atoms with Crippen molar-refractivity contribution < 1.29 is 17.9 Å². The molecular weight excluding hydrogens is 412 g/mol. The monoisotopic (exact) mass is 444 g/mol. The normalized spacial score (nSPS) is 14.7. The molecule has 0 N–H and O–H groups in total. The Morgan fingerprint density at radius 2 is 1.74 bits per heavy atom. The number of hydrogen-bond donors (Lipinski definition) is 0. The number of hydrogen-bond acceptors (Lipinski definition) is 4. The van der Waals surface area contributed by atoms with Crippen LogP contribution in [0.3, 0.4) is 0 Å². The fourth-order valence-electron chi connectivity index (χ4n) is 3.63. The van der Waals surface area contributed by atoms with Gasteiger partial charge in [0.1, 0.15) is 5.75 Å². The van der Waals surface area contributed by atoms with E-state index in [1.54, 1.807) is 55.5 Å². The van der Waals surface area contributed by atoms with Crippen LogP contribution in [0.5, 0.6) is 5.75 Å². The molecule has 2 aromatic carbocycles. The molecule has 1 atom stereocenters. The smallest absolute Gasteiger partial charge is 0.264 e. The highest BCUT2D eigenvalue weighted by Crippen LogP contribution is 2.35. The Morgan fingerprint density at radius 1 is 1.10 bits per heavy atom. The quantitative estimate of drug-likeness (QED) is 0.583. The fraction of sp³-hybridized carbons (Fsp3) is 0.458. The van der Waals surface area contributed by atoms with Crippen LogP contribution in [0.25, 0.3) is 0 Å². The van der Waals surface area contributed by atoms with Gasteiger partial charge in [0, 0.05) is 26.1 Å². The summed E-state index contributed by atoms with van der Waals surface area (Å²) >= 11 is 0. The third-order valence-electron chi connectivity index (χ3n) is 6.26. The van der Waals surface area contributed by atoms with Crippen molar-refractivity contribution in [1.82, 2.24) is 4.90 Å². The second-order valence-corrected chi connectivity index (χ2v) is 10.2. The van der Waals surface area contributed by atoms with Crippen LogP contribution in [0.1, 0.15) is 37.3 Å². The summed E-state index contributed by atoms with van der Waals surface area (Å²) in [6.07, 6.45) is 2.42. The van der Waals surface area contributed by atoms with Gasteiger partial charge in [0.2, 0.25) is 5.91 Å². The van der Waals surface area contributed by atoms with Gasteiger partial charge in [-0.05, 0) is 87.1 Å². The van der Waals surface area contributed by atoms with Crippen LogP contribution in [-0.2, 0) is 14.8 Å². The summed E-state index contributed by atoms with van der Waals surface area (Å²) in [6, 6.07) is 12.2. The minimum Gasteiger partial charge on any atom is -0.497 e. The Kier molecular flexibility index (Phi) is 6.94. The topological polar surface area (TPSA) is 66.9 Å². The number of nitrogens with zero attached hydrogens (tertiary/aromatic N) is 2. The maximum absolute atomic E-state index is 13.6. The predicted octanol–water partition coefficient (Wildman–Crippen LogP) is 4.15. The number of carbonyl (C=O) groups excluding carboxylic acids is 1. The minimum atomic E-state index is -3.84. The molecule has 2 aromatic rings. The first-order valence-electron chi connectivity index (χ1n) is 10.6. The van der Waals surface area contributed by atoms with Crippen molar-refractivity contribution in [1.29, 1.82) is 0 Å². The van der Waals surface area contributed by atoms with E-state index in [4.69, 9.17) is 4.74 Å². The number of anilines is 1. The van der Waals surface area contributed by atoms with Gasteiger partial charge in [0.25, 0.3) is 10.0 Å². The van der Waals surface area contributed by atoms with Crippen LogP contribution < -0.4 is 9.04 Å². The Bertz CT molecular complexity index is 1030. The zero-order chi connectivity index (χ0) is 22.8. The fourth-order valence-corrected chi connectivity index (χ4v) is 5.18. The number of benzene rings is 2. The summed E-state index contributed by atoms with van der Waals surface area (Å²) < 4.78 is 33.6. The Hall–Kier alpha value is -2.54. The van der Waals surface area contributed by atoms with Crippen LogP contribution in [0, 0.1) is 19.8 Å². The van der Waals surface area contributed by atoms with Crippen molar-refractivity contribution in [2.45, 2.75) is 51.0 Å². The molecule has 1 unspecified atom stereocenters. The average molecular weight is 445 g/mol. The molecule has 0 aliphatic heterocycles. The van der Waals surface area contributed by atoms with Crippen molar-refractivity contribution in [3.8, 4) is 5.75 Å². The van der Waals surface area contributed by atoms with E-state index in [0.29, 0.717) is 17.4 Å². The first-order valence-corrected chi connectivity index (χ1v) is 12.1. The summed E-state index contributed by atoms with van der Waals surface area (Å²) in [5.74, 6) is 1.15. The predicted molar refractivity (Wildman–Crippen MR) is 123 cm³/mol.